The fourth-order valence-electron chi connectivity index (χ4n) is 3.31. The van der Waals surface area contributed by atoms with Crippen LogP contribution in [0.15, 0.2) is 47.4 Å². The number of nitrogens with zero attached hydrogens (tertiary/aromatic N) is 2. The molecule has 0 spiro atoms. The molecule has 1 aliphatic carbocycles. The third kappa shape index (κ3) is 3.21. The van der Waals surface area contributed by atoms with Crippen LogP contribution in [-0.2, 0) is 12.8 Å². The SMILES string of the molecule is Cc1ccc(C#Cc2ccn3c(=O)c4c(nc3c2)CCCCC4)cc1. The Kier molecular flexibility index (Phi) is 4.11. The highest BCUT2D eigenvalue weighted by atomic mass is 16.1. The maximum Gasteiger partial charge on any atom is 0.261 e. The highest BCUT2D eigenvalue weighted by molar-refractivity contribution is 5.51. The summed E-state index contributed by atoms with van der Waals surface area (Å²) in [5.74, 6) is 6.35. The standard InChI is InChI=1S/C22H20N2O/c1-16-7-9-17(10-8-16)11-12-18-13-14-24-21(15-18)23-20-6-4-2-3-5-19(20)22(24)25/h7-10,13-15H,2-6H2,1H3. The van der Waals surface area contributed by atoms with Gasteiger partial charge in [-0.25, -0.2) is 4.98 Å². The first-order valence-electron chi connectivity index (χ1n) is 8.83. The normalized spacial score (nSPS) is 13.6. The van der Waals surface area contributed by atoms with Gasteiger partial charge in [-0.05, 0) is 56.9 Å². The summed E-state index contributed by atoms with van der Waals surface area (Å²) >= 11 is 0. The fraction of sp³-hybridized carbons (Fsp3) is 0.273. The Labute approximate surface area is 147 Å². The Morgan fingerprint density at radius 1 is 0.960 bits per heavy atom. The first kappa shape index (κ1) is 15.7. The molecule has 0 fully saturated rings. The van der Waals surface area contributed by atoms with Gasteiger partial charge in [0.1, 0.15) is 5.65 Å². The van der Waals surface area contributed by atoms with Gasteiger partial charge in [0.15, 0.2) is 0 Å². The molecule has 0 amide bonds. The summed E-state index contributed by atoms with van der Waals surface area (Å²) in [6.45, 7) is 2.06. The highest BCUT2D eigenvalue weighted by Crippen LogP contribution is 2.17. The molecule has 2 heterocycles. The van der Waals surface area contributed by atoms with Crippen LogP contribution in [0.5, 0.6) is 0 Å². The lowest BCUT2D eigenvalue weighted by molar-refractivity contribution is 0.708. The fourth-order valence-corrected chi connectivity index (χ4v) is 3.31. The number of aryl methyl sites for hydroxylation is 2. The summed E-state index contributed by atoms with van der Waals surface area (Å²) in [6, 6.07) is 12.0. The predicted molar refractivity (Wildman–Crippen MR) is 99.9 cm³/mol. The lowest BCUT2D eigenvalue weighted by Gasteiger charge is -2.08. The van der Waals surface area contributed by atoms with Gasteiger partial charge in [0.2, 0.25) is 0 Å². The average molecular weight is 328 g/mol. The first-order valence-corrected chi connectivity index (χ1v) is 8.83. The zero-order chi connectivity index (χ0) is 17.2. The molecule has 1 aromatic carbocycles. The topological polar surface area (TPSA) is 34.4 Å². The molecule has 4 rings (SSSR count). The quantitative estimate of drug-likeness (QED) is 0.466. The van der Waals surface area contributed by atoms with Crippen molar-refractivity contribution in [1.82, 2.24) is 9.38 Å². The second-order valence-corrected chi connectivity index (χ2v) is 6.66. The van der Waals surface area contributed by atoms with Crippen LogP contribution in [0.1, 0.15) is 47.2 Å². The maximum absolute atomic E-state index is 12.7. The van der Waals surface area contributed by atoms with Crippen LogP contribution >= 0.6 is 0 Å². The molecule has 0 aliphatic heterocycles. The maximum atomic E-state index is 12.7. The van der Waals surface area contributed by atoms with Gasteiger partial charge in [0.05, 0.1) is 5.69 Å². The Morgan fingerprint density at radius 2 is 1.72 bits per heavy atom. The van der Waals surface area contributed by atoms with Gasteiger partial charge in [-0.2, -0.15) is 0 Å². The van der Waals surface area contributed by atoms with Crippen LogP contribution in [0.2, 0.25) is 0 Å². The summed E-state index contributed by atoms with van der Waals surface area (Å²) in [6.07, 6.45) is 6.91. The van der Waals surface area contributed by atoms with Crippen molar-refractivity contribution in [2.24, 2.45) is 0 Å². The minimum Gasteiger partial charge on any atom is -0.269 e. The van der Waals surface area contributed by atoms with E-state index in [1.807, 2.05) is 24.3 Å². The molecule has 3 heteroatoms. The Bertz CT molecular complexity index is 1050. The molecule has 0 bridgehead atoms. The number of fused-ring (bicyclic) bond motifs is 2. The number of hydrogen-bond donors (Lipinski definition) is 0. The molecule has 0 saturated carbocycles. The van der Waals surface area contributed by atoms with Gasteiger partial charge in [-0.15, -0.1) is 0 Å². The molecule has 3 aromatic rings. The lowest BCUT2D eigenvalue weighted by atomic mass is 10.1. The highest BCUT2D eigenvalue weighted by Gasteiger charge is 2.15. The molecule has 0 saturated heterocycles. The number of benzene rings is 1. The molecular formula is C22H20N2O. The minimum absolute atomic E-state index is 0.0833. The zero-order valence-electron chi connectivity index (χ0n) is 14.4. The van der Waals surface area contributed by atoms with Gasteiger partial charge in [0, 0.05) is 22.9 Å². The van der Waals surface area contributed by atoms with E-state index in [-0.39, 0.29) is 5.56 Å². The van der Waals surface area contributed by atoms with Crippen molar-refractivity contribution in [2.45, 2.75) is 39.0 Å². The first-order chi connectivity index (χ1) is 12.2. The monoisotopic (exact) mass is 328 g/mol. The Hall–Kier alpha value is -2.86. The van der Waals surface area contributed by atoms with Crippen LogP contribution in [-0.4, -0.2) is 9.38 Å². The van der Waals surface area contributed by atoms with E-state index in [1.165, 1.54) is 12.0 Å². The third-order valence-electron chi connectivity index (χ3n) is 4.75. The van der Waals surface area contributed by atoms with Crippen molar-refractivity contribution < 1.29 is 0 Å². The third-order valence-corrected chi connectivity index (χ3v) is 4.75. The second kappa shape index (κ2) is 6.57. The summed E-state index contributed by atoms with van der Waals surface area (Å²) in [5, 5.41) is 0. The predicted octanol–water partition coefficient (Wildman–Crippen LogP) is 3.67. The number of pyridine rings is 1. The Balaban J connectivity index is 1.76. The van der Waals surface area contributed by atoms with E-state index in [4.69, 9.17) is 4.98 Å². The molecule has 124 valence electrons. The molecule has 0 atom stereocenters. The van der Waals surface area contributed by atoms with Crippen molar-refractivity contribution in [1.29, 1.82) is 0 Å². The summed E-state index contributed by atoms with van der Waals surface area (Å²) in [4.78, 5) is 17.5. The molecule has 0 N–H and O–H groups in total. The summed E-state index contributed by atoms with van der Waals surface area (Å²) < 4.78 is 1.65. The number of rotatable bonds is 0. The lowest BCUT2D eigenvalue weighted by Crippen LogP contribution is -2.22. The molecular weight excluding hydrogens is 308 g/mol. The van der Waals surface area contributed by atoms with Crippen LogP contribution in [0.4, 0.5) is 0 Å². The van der Waals surface area contributed by atoms with E-state index in [0.29, 0.717) is 5.65 Å². The van der Waals surface area contributed by atoms with Crippen LogP contribution in [0.3, 0.4) is 0 Å². The molecule has 0 unspecified atom stereocenters. The second-order valence-electron chi connectivity index (χ2n) is 6.66. The van der Waals surface area contributed by atoms with Gasteiger partial charge in [0.25, 0.3) is 5.56 Å². The van der Waals surface area contributed by atoms with E-state index in [9.17, 15) is 4.79 Å². The smallest absolute Gasteiger partial charge is 0.261 e. The largest absolute Gasteiger partial charge is 0.269 e. The zero-order valence-corrected chi connectivity index (χ0v) is 14.4. The number of aromatic nitrogens is 2. The van der Waals surface area contributed by atoms with Gasteiger partial charge in [-0.1, -0.05) is 36.0 Å². The van der Waals surface area contributed by atoms with E-state index in [0.717, 1.165) is 48.1 Å². The van der Waals surface area contributed by atoms with Crippen LogP contribution < -0.4 is 5.56 Å². The van der Waals surface area contributed by atoms with Crippen LogP contribution in [0, 0.1) is 18.8 Å². The van der Waals surface area contributed by atoms with Gasteiger partial charge < -0.3 is 0 Å². The molecule has 3 nitrogen and oxygen atoms in total. The van der Waals surface area contributed by atoms with Gasteiger partial charge >= 0.3 is 0 Å². The van der Waals surface area contributed by atoms with Crippen LogP contribution in [0.25, 0.3) is 5.65 Å². The van der Waals surface area contributed by atoms with E-state index < -0.39 is 0 Å². The number of hydrogen-bond acceptors (Lipinski definition) is 2. The Morgan fingerprint density at radius 3 is 2.56 bits per heavy atom. The minimum atomic E-state index is 0.0833. The summed E-state index contributed by atoms with van der Waals surface area (Å²) in [5.41, 5.74) is 5.74. The molecule has 0 radical (unpaired) electrons. The van der Waals surface area contributed by atoms with E-state index in [1.54, 1.807) is 10.6 Å². The van der Waals surface area contributed by atoms with E-state index in [2.05, 4.69) is 30.9 Å². The molecule has 1 aliphatic rings. The van der Waals surface area contributed by atoms with Gasteiger partial charge in [-0.3, -0.25) is 9.20 Å². The van der Waals surface area contributed by atoms with Crippen molar-refractivity contribution in [3.05, 3.63) is 80.9 Å². The molecule has 25 heavy (non-hydrogen) atoms. The average Bonchev–Trinajstić information content (AvgIpc) is 2.87. The van der Waals surface area contributed by atoms with E-state index >= 15 is 0 Å². The summed E-state index contributed by atoms with van der Waals surface area (Å²) in [7, 11) is 0. The van der Waals surface area contributed by atoms with Crippen molar-refractivity contribution in [3.8, 4) is 11.8 Å². The molecule has 2 aromatic heterocycles. The van der Waals surface area contributed by atoms with Crippen molar-refractivity contribution in [3.63, 3.8) is 0 Å². The van der Waals surface area contributed by atoms with Crippen molar-refractivity contribution in [2.75, 3.05) is 0 Å². The van der Waals surface area contributed by atoms with Crippen molar-refractivity contribution >= 4 is 5.65 Å².